The molecule has 0 aliphatic carbocycles. The number of anilines is 2. The quantitative estimate of drug-likeness (QED) is 0.229. The summed E-state index contributed by atoms with van der Waals surface area (Å²) >= 11 is 18.6. The average molecular weight is 585 g/mol. The van der Waals surface area contributed by atoms with E-state index in [1.165, 1.54) is 6.33 Å². The topological polar surface area (TPSA) is 90.3 Å². The van der Waals surface area contributed by atoms with Crippen LogP contribution in [-0.2, 0) is 11.4 Å². The van der Waals surface area contributed by atoms with E-state index >= 15 is 0 Å². The van der Waals surface area contributed by atoms with Gasteiger partial charge in [0, 0.05) is 32.0 Å². The molecule has 1 aliphatic heterocycles. The average Bonchev–Trinajstić information content (AvgIpc) is 3.38. The molecule has 0 unspecified atom stereocenters. The highest BCUT2D eigenvalue weighted by Gasteiger charge is 2.34. The summed E-state index contributed by atoms with van der Waals surface area (Å²) in [6, 6.07) is 17.2. The summed E-state index contributed by atoms with van der Waals surface area (Å²) in [4.78, 5) is 17.9. The summed E-state index contributed by atoms with van der Waals surface area (Å²) in [5.41, 5.74) is 3.18. The molecule has 5 rings (SSSR count). The van der Waals surface area contributed by atoms with Gasteiger partial charge in [-0.2, -0.15) is 10.1 Å². The Morgan fingerprint density at radius 3 is 2.49 bits per heavy atom. The van der Waals surface area contributed by atoms with Crippen molar-refractivity contribution in [2.45, 2.75) is 26.5 Å². The van der Waals surface area contributed by atoms with Crippen molar-refractivity contribution in [1.29, 1.82) is 0 Å². The Morgan fingerprint density at radius 2 is 1.77 bits per heavy atom. The van der Waals surface area contributed by atoms with Crippen molar-refractivity contribution in [2.75, 3.05) is 17.2 Å². The second kappa shape index (κ2) is 11.6. The monoisotopic (exact) mass is 583 g/mol. The number of nitrogens with zero attached hydrogens (tertiary/aromatic N) is 3. The fraction of sp³-hybridized carbons (Fsp3) is 0.179. The van der Waals surface area contributed by atoms with Crippen LogP contribution in [0.5, 0.6) is 11.5 Å². The maximum absolute atomic E-state index is 13.6. The molecule has 0 bridgehead atoms. The number of allylic oxidation sites excluding steroid dienone is 1. The lowest BCUT2D eigenvalue weighted by molar-refractivity contribution is -0.113. The third kappa shape index (κ3) is 5.68. The first-order valence-corrected chi connectivity index (χ1v) is 13.3. The summed E-state index contributed by atoms with van der Waals surface area (Å²) in [6.07, 6.45) is 1.44. The SMILES string of the molecule is CCOc1cc([C@H]2C(C(=O)Nc3ccc(Cl)cc3)=C(C)Nc3ncnn32)ccc1OCc1c(Cl)cccc1Cl. The number of fused-ring (bicyclic) bond motifs is 1. The molecular weight excluding hydrogens is 561 g/mol. The Hall–Kier alpha value is -3.72. The van der Waals surface area contributed by atoms with Crippen molar-refractivity contribution in [2.24, 2.45) is 0 Å². The first-order valence-electron chi connectivity index (χ1n) is 12.1. The Kier molecular flexibility index (Phi) is 7.97. The van der Waals surface area contributed by atoms with E-state index in [-0.39, 0.29) is 12.5 Å². The highest BCUT2D eigenvalue weighted by atomic mass is 35.5. The molecular formula is C28H24Cl3N5O3. The lowest BCUT2D eigenvalue weighted by Crippen LogP contribution is -2.31. The van der Waals surface area contributed by atoms with Crippen LogP contribution in [0.3, 0.4) is 0 Å². The van der Waals surface area contributed by atoms with Crippen LogP contribution >= 0.6 is 34.8 Å². The molecule has 0 spiro atoms. The van der Waals surface area contributed by atoms with Gasteiger partial charge in [0.15, 0.2) is 11.5 Å². The molecule has 8 nitrogen and oxygen atoms in total. The Morgan fingerprint density at radius 1 is 1.03 bits per heavy atom. The van der Waals surface area contributed by atoms with Crippen molar-refractivity contribution in [1.82, 2.24) is 14.8 Å². The van der Waals surface area contributed by atoms with Gasteiger partial charge in [-0.1, -0.05) is 46.9 Å². The number of hydrogen-bond acceptors (Lipinski definition) is 6. The van der Waals surface area contributed by atoms with Gasteiger partial charge in [-0.25, -0.2) is 4.68 Å². The maximum atomic E-state index is 13.6. The molecule has 1 amide bonds. The summed E-state index contributed by atoms with van der Waals surface area (Å²) in [6.45, 7) is 4.28. The van der Waals surface area contributed by atoms with Gasteiger partial charge in [-0.3, -0.25) is 4.79 Å². The van der Waals surface area contributed by atoms with Gasteiger partial charge in [0.1, 0.15) is 19.0 Å². The standard InChI is InChI=1S/C28H24Cl3N5O3/c1-3-38-24-13-17(7-12-23(24)39-14-20-21(30)5-4-6-22(20)31)26-25(16(2)34-28-32-15-33-36(26)28)27(37)35-19-10-8-18(29)9-11-19/h4-13,15,26H,3,14H2,1-2H3,(H,35,37)(H,32,33,34)/t26-/m0/s1. The van der Waals surface area contributed by atoms with E-state index < -0.39 is 6.04 Å². The summed E-state index contributed by atoms with van der Waals surface area (Å²) in [5, 5.41) is 12.1. The first kappa shape index (κ1) is 26.9. The fourth-order valence-corrected chi connectivity index (χ4v) is 4.96. The second-order valence-corrected chi connectivity index (χ2v) is 9.93. The summed E-state index contributed by atoms with van der Waals surface area (Å²) in [7, 11) is 0. The normalized spacial score (nSPS) is 14.4. The summed E-state index contributed by atoms with van der Waals surface area (Å²) in [5.74, 6) is 1.25. The minimum Gasteiger partial charge on any atom is -0.490 e. The molecule has 1 aromatic heterocycles. The molecule has 4 aromatic rings. The third-order valence-corrected chi connectivity index (χ3v) is 7.12. The van der Waals surface area contributed by atoms with Crippen molar-refractivity contribution in [3.05, 3.63) is 104 Å². The van der Waals surface area contributed by atoms with E-state index in [2.05, 4.69) is 20.7 Å². The van der Waals surface area contributed by atoms with Gasteiger partial charge in [0.05, 0.1) is 12.2 Å². The molecule has 2 N–H and O–H groups in total. The lowest BCUT2D eigenvalue weighted by Gasteiger charge is -2.29. The third-order valence-electron chi connectivity index (χ3n) is 6.16. The highest BCUT2D eigenvalue weighted by Crippen LogP contribution is 2.39. The van der Waals surface area contributed by atoms with Crippen LogP contribution in [-0.4, -0.2) is 27.3 Å². The molecule has 3 aromatic carbocycles. The van der Waals surface area contributed by atoms with Crippen molar-refractivity contribution in [3.8, 4) is 11.5 Å². The number of rotatable bonds is 8. The zero-order valence-electron chi connectivity index (χ0n) is 21.0. The van der Waals surface area contributed by atoms with Gasteiger partial charge in [0.2, 0.25) is 5.95 Å². The molecule has 39 heavy (non-hydrogen) atoms. The van der Waals surface area contributed by atoms with Gasteiger partial charge in [-0.05, 0) is 67.9 Å². The van der Waals surface area contributed by atoms with Crippen LogP contribution < -0.4 is 20.1 Å². The predicted molar refractivity (Wildman–Crippen MR) is 153 cm³/mol. The van der Waals surface area contributed by atoms with Gasteiger partial charge >= 0.3 is 0 Å². The van der Waals surface area contributed by atoms with Crippen LogP contribution in [0.1, 0.15) is 31.0 Å². The number of nitrogens with one attached hydrogen (secondary N) is 2. The molecule has 1 aliphatic rings. The second-order valence-electron chi connectivity index (χ2n) is 8.68. The van der Waals surface area contributed by atoms with Gasteiger partial charge in [0.25, 0.3) is 5.91 Å². The van der Waals surface area contributed by atoms with E-state index in [9.17, 15) is 4.79 Å². The lowest BCUT2D eigenvalue weighted by atomic mass is 9.94. The molecule has 11 heteroatoms. The van der Waals surface area contributed by atoms with E-state index in [1.807, 2.05) is 26.0 Å². The molecule has 200 valence electrons. The smallest absolute Gasteiger partial charge is 0.255 e. The minimum absolute atomic E-state index is 0.159. The molecule has 1 atom stereocenters. The Balaban J connectivity index is 1.49. The molecule has 0 saturated carbocycles. The Bertz CT molecular complexity index is 1530. The maximum Gasteiger partial charge on any atom is 0.255 e. The van der Waals surface area contributed by atoms with Crippen molar-refractivity contribution < 1.29 is 14.3 Å². The van der Waals surface area contributed by atoms with Gasteiger partial charge < -0.3 is 20.1 Å². The van der Waals surface area contributed by atoms with Gasteiger partial charge in [-0.15, -0.1) is 0 Å². The molecule has 0 saturated heterocycles. The van der Waals surface area contributed by atoms with Crippen LogP contribution in [0.2, 0.25) is 15.1 Å². The number of carbonyl (C=O) groups excluding carboxylic acids is 1. The van der Waals surface area contributed by atoms with Crippen LogP contribution in [0.25, 0.3) is 0 Å². The Labute approximate surface area is 240 Å². The van der Waals surface area contributed by atoms with Crippen LogP contribution in [0.4, 0.5) is 11.6 Å². The zero-order chi connectivity index (χ0) is 27.5. The van der Waals surface area contributed by atoms with E-state index in [0.717, 1.165) is 5.56 Å². The van der Waals surface area contributed by atoms with E-state index in [0.29, 0.717) is 61.6 Å². The number of halogens is 3. The number of aromatic nitrogens is 3. The predicted octanol–water partition coefficient (Wildman–Crippen LogP) is 7.14. The molecule has 0 fully saturated rings. The van der Waals surface area contributed by atoms with E-state index in [1.54, 1.807) is 53.2 Å². The number of hydrogen-bond donors (Lipinski definition) is 2. The van der Waals surface area contributed by atoms with Crippen molar-refractivity contribution in [3.63, 3.8) is 0 Å². The first-order chi connectivity index (χ1) is 18.9. The minimum atomic E-state index is -0.581. The number of ether oxygens (including phenoxy) is 2. The van der Waals surface area contributed by atoms with Crippen LogP contribution in [0, 0.1) is 0 Å². The van der Waals surface area contributed by atoms with Crippen LogP contribution in [0.15, 0.2) is 78.3 Å². The highest BCUT2D eigenvalue weighted by molar-refractivity contribution is 6.36. The fourth-order valence-electron chi connectivity index (χ4n) is 4.33. The summed E-state index contributed by atoms with van der Waals surface area (Å²) < 4.78 is 13.7. The largest absolute Gasteiger partial charge is 0.490 e. The zero-order valence-corrected chi connectivity index (χ0v) is 23.3. The van der Waals surface area contributed by atoms with Crippen molar-refractivity contribution >= 4 is 52.3 Å². The number of carbonyl (C=O) groups is 1. The number of amides is 1. The van der Waals surface area contributed by atoms with E-state index in [4.69, 9.17) is 44.3 Å². The molecule has 0 radical (unpaired) electrons. The number of benzene rings is 3. The molecule has 2 heterocycles.